The zero-order valence-corrected chi connectivity index (χ0v) is 11.7. The van der Waals surface area contributed by atoms with Crippen LogP contribution in [0.4, 0.5) is 10.1 Å². The van der Waals surface area contributed by atoms with Crippen LogP contribution in [0.1, 0.15) is 26.3 Å². The number of nitrogens with one attached hydrogen (secondary N) is 1. The standard InChI is InChI=1S/C14H22FN3O/c1-4-18(9-14(16)19)13-7-5-6-12(15)11(13)8-17-10(2)3/h5-7,10,17H,4,8-9H2,1-3H3,(H2,16,19). The Morgan fingerprint density at radius 2 is 2.16 bits per heavy atom. The van der Waals surface area contributed by atoms with Crippen molar-refractivity contribution >= 4 is 11.6 Å². The Hall–Kier alpha value is -1.62. The van der Waals surface area contributed by atoms with Crippen molar-refractivity contribution in [2.24, 2.45) is 5.73 Å². The average molecular weight is 267 g/mol. The van der Waals surface area contributed by atoms with Crippen molar-refractivity contribution in [3.63, 3.8) is 0 Å². The van der Waals surface area contributed by atoms with Crippen LogP contribution >= 0.6 is 0 Å². The van der Waals surface area contributed by atoms with E-state index in [1.165, 1.54) is 6.07 Å². The van der Waals surface area contributed by atoms with Gasteiger partial charge in [-0.15, -0.1) is 0 Å². The maximum Gasteiger partial charge on any atom is 0.236 e. The zero-order valence-electron chi connectivity index (χ0n) is 11.7. The van der Waals surface area contributed by atoms with E-state index in [0.717, 1.165) is 5.69 Å². The topological polar surface area (TPSA) is 58.4 Å². The molecule has 0 unspecified atom stereocenters. The molecule has 1 rings (SSSR count). The number of hydrogen-bond acceptors (Lipinski definition) is 3. The number of anilines is 1. The predicted octanol–water partition coefficient (Wildman–Crippen LogP) is 1.64. The fourth-order valence-electron chi connectivity index (χ4n) is 1.88. The lowest BCUT2D eigenvalue weighted by atomic mass is 10.1. The normalized spacial score (nSPS) is 10.8. The summed E-state index contributed by atoms with van der Waals surface area (Å²) in [4.78, 5) is 12.9. The summed E-state index contributed by atoms with van der Waals surface area (Å²) in [6.45, 7) is 7.03. The molecule has 1 amide bonds. The van der Waals surface area contributed by atoms with Crippen LogP contribution in [0.2, 0.25) is 0 Å². The van der Waals surface area contributed by atoms with Crippen molar-refractivity contribution < 1.29 is 9.18 Å². The molecule has 0 radical (unpaired) electrons. The van der Waals surface area contributed by atoms with Gasteiger partial charge in [0, 0.05) is 30.4 Å². The van der Waals surface area contributed by atoms with Crippen LogP contribution in [0, 0.1) is 5.82 Å². The second-order valence-corrected chi connectivity index (χ2v) is 4.75. The van der Waals surface area contributed by atoms with Gasteiger partial charge >= 0.3 is 0 Å². The molecule has 0 spiro atoms. The lowest BCUT2D eigenvalue weighted by Crippen LogP contribution is -2.35. The molecule has 0 saturated heterocycles. The quantitative estimate of drug-likeness (QED) is 0.789. The van der Waals surface area contributed by atoms with Gasteiger partial charge in [0.25, 0.3) is 0 Å². The van der Waals surface area contributed by atoms with Gasteiger partial charge < -0.3 is 16.0 Å². The van der Waals surface area contributed by atoms with Gasteiger partial charge in [0.15, 0.2) is 0 Å². The molecule has 5 heteroatoms. The van der Waals surface area contributed by atoms with Crippen molar-refractivity contribution in [1.82, 2.24) is 5.32 Å². The minimum absolute atomic E-state index is 0.0919. The molecule has 0 fully saturated rings. The second-order valence-electron chi connectivity index (χ2n) is 4.75. The van der Waals surface area contributed by atoms with E-state index in [1.54, 1.807) is 11.0 Å². The molecular weight excluding hydrogens is 245 g/mol. The number of hydrogen-bond donors (Lipinski definition) is 2. The van der Waals surface area contributed by atoms with Gasteiger partial charge in [-0.05, 0) is 19.1 Å². The van der Waals surface area contributed by atoms with Gasteiger partial charge in [0.2, 0.25) is 5.91 Å². The Bertz CT molecular complexity index is 435. The van der Waals surface area contributed by atoms with Gasteiger partial charge in [-0.3, -0.25) is 4.79 Å². The Morgan fingerprint density at radius 3 is 2.68 bits per heavy atom. The minimum Gasteiger partial charge on any atom is -0.368 e. The molecule has 0 bridgehead atoms. The number of nitrogens with two attached hydrogens (primary N) is 1. The third-order valence-corrected chi connectivity index (χ3v) is 2.85. The fraction of sp³-hybridized carbons (Fsp3) is 0.500. The van der Waals surface area contributed by atoms with Crippen LogP contribution in [0.15, 0.2) is 18.2 Å². The monoisotopic (exact) mass is 267 g/mol. The van der Waals surface area contributed by atoms with Crippen LogP contribution in [0.25, 0.3) is 0 Å². The van der Waals surface area contributed by atoms with Gasteiger partial charge in [-0.25, -0.2) is 4.39 Å². The molecule has 4 nitrogen and oxygen atoms in total. The van der Waals surface area contributed by atoms with Crippen molar-refractivity contribution in [1.29, 1.82) is 0 Å². The molecule has 1 aromatic rings. The summed E-state index contributed by atoms with van der Waals surface area (Å²) in [6, 6.07) is 5.15. The van der Waals surface area contributed by atoms with Crippen molar-refractivity contribution in [3.05, 3.63) is 29.6 Å². The number of benzene rings is 1. The van der Waals surface area contributed by atoms with E-state index < -0.39 is 5.91 Å². The van der Waals surface area contributed by atoms with E-state index >= 15 is 0 Å². The predicted molar refractivity (Wildman–Crippen MR) is 75.5 cm³/mol. The van der Waals surface area contributed by atoms with Crippen LogP contribution in [-0.2, 0) is 11.3 Å². The number of amides is 1. The summed E-state index contributed by atoms with van der Waals surface area (Å²) in [7, 11) is 0. The van der Waals surface area contributed by atoms with Crippen molar-refractivity contribution in [2.75, 3.05) is 18.0 Å². The van der Waals surface area contributed by atoms with Crippen molar-refractivity contribution in [2.45, 2.75) is 33.4 Å². The van der Waals surface area contributed by atoms with Gasteiger partial charge in [-0.1, -0.05) is 19.9 Å². The lowest BCUT2D eigenvalue weighted by molar-refractivity contribution is -0.116. The molecule has 106 valence electrons. The molecule has 1 aromatic carbocycles. The van der Waals surface area contributed by atoms with Crippen LogP contribution in [-0.4, -0.2) is 25.0 Å². The Labute approximate surface area is 113 Å². The first kappa shape index (κ1) is 15.4. The number of nitrogens with zero attached hydrogens (tertiary/aromatic N) is 1. The Kier molecular flexibility index (Phi) is 5.76. The highest BCUT2D eigenvalue weighted by molar-refractivity contribution is 5.80. The minimum atomic E-state index is -0.422. The Balaban J connectivity index is 3.03. The van der Waals surface area contributed by atoms with Crippen LogP contribution in [0.3, 0.4) is 0 Å². The number of halogens is 1. The maximum absolute atomic E-state index is 14.0. The number of rotatable bonds is 7. The van der Waals surface area contributed by atoms with Crippen LogP contribution in [0.5, 0.6) is 0 Å². The summed E-state index contributed by atoms with van der Waals surface area (Å²) in [6.07, 6.45) is 0. The second kappa shape index (κ2) is 7.09. The molecule has 0 aliphatic rings. The molecule has 0 saturated carbocycles. The summed E-state index contributed by atoms with van der Waals surface area (Å²) < 4.78 is 14.0. The SMILES string of the molecule is CCN(CC(N)=O)c1cccc(F)c1CNC(C)C. The largest absolute Gasteiger partial charge is 0.368 e. The molecule has 19 heavy (non-hydrogen) atoms. The molecule has 0 aliphatic heterocycles. The highest BCUT2D eigenvalue weighted by atomic mass is 19.1. The summed E-state index contributed by atoms with van der Waals surface area (Å²) in [5.74, 6) is -0.692. The number of likely N-dealkylation sites (N-methyl/N-ethyl adjacent to an activating group) is 1. The van der Waals surface area contributed by atoms with Gasteiger partial charge in [-0.2, -0.15) is 0 Å². The first-order valence-electron chi connectivity index (χ1n) is 6.49. The van der Waals surface area contributed by atoms with E-state index in [1.807, 2.05) is 26.8 Å². The number of primary amides is 1. The molecular formula is C14H22FN3O. The molecule has 3 N–H and O–H groups in total. The molecule has 0 heterocycles. The first-order valence-corrected chi connectivity index (χ1v) is 6.49. The van der Waals surface area contributed by atoms with E-state index in [0.29, 0.717) is 18.7 Å². The highest BCUT2D eigenvalue weighted by Crippen LogP contribution is 2.23. The molecule has 0 atom stereocenters. The number of carbonyl (C=O) groups is 1. The van der Waals surface area contributed by atoms with Gasteiger partial charge in [0.1, 0.15) is 5.82 Å². The maximum atomic E-state index is 14.0. The van der Waals surface area contributed by atoms with E-state index in [-0.39, 0.29) is 18.4 Å². The summed E-state index contributed by atoms with van der Waals surface area (Å²) in [5, 5.41) is 3.19. The summed E-state index contributed by atoms with van der Waals surface area (Å²) >= 11 is 0. The van der Waals surface area contributed by atoms with E-state index in [2.05, 4.69) is 5.32 Å². The van der Waals surface area contributed by atoms with Crippen molar-refractivity contribution in [3.8, 4) is 0 Å². The van der Waals surface area contributed by atoms with Gasteiger partial charge in [0.05, 0.1) is 6.54 Å². The van der Waals surface area contributed by atoms with E-state index in [4.69, 9.17) is 5.73 Å². The average Bonchev–Trinajstić information content (AvgIpc) is 2.33. The lowest BCUT2D eigenvalue weighted by Gasteiger charge is -2.25. The third-order valence-electron chi connectivity index (χ3n) is 2.85. The third kappa shape index (κ3) is 4.52. The fourth-order valence-corrected chi connectivity index (χ4v) is 1.88. The zero-order chi connectivity index (χ0) is 14.4. The van der Waals surface area contributed by atoms with Crippen LogP contribution < -0.4 is 16.0 Å². The first-order chi connectivity index (χ1) is 8.95. The molecule has 0 aromatic heterocycles. The smallest absolute Gasteiger partial charge is 0.236 e. The molecule has 0 aliphatic carbocycles. The summed E-state index contributed by atoms with van der Waals surface area (Å²) in [5.41, 5.74) is 6.51. The Morgan fingerprint density at radius 1 is 1.47 bits per heavy atom. The van der Waals surface area contributed by atoms with E-state index in [9.17, 15) is 9.18 Å². The highest BCUT2D eigenvalue weighted by Gasteiger charge is 2.15. The number of carbonyl (C=O) groups excluding carboxylic acids is 1.